The Bertz CT molecular complexity index is 636. The molecule has 2 fully saturated rings. The number of likely N-dealkylation sites (tertiary alicyclic amines) is 1. The molecular weight excluding hydrogens is 330 g/mol. The molecule has 2 saturated heterocycles. The van der Waals surface area contributed by atoms with Gasteiger partial charge in [0, 0.05) is 26.1 Å². The van der Waals surface area contributed by atoms with Crippen LogP contribution in [0.4, 0.5) is 4.79 Å². The van der Waals surface area contributed by atoms with Crippen LogP contribution in [0.1, 0.15) is 51.1 Å². The number of rotatable bonds is 5. The molecule has 6 heteroatoms. The highest BCUT2D eigenvalue weighted by Gasteiger charge is 2.41. The lowest BCUT2D eigenvalue weighted by Gasteiger charge is -2.38. The second kappa shape index (κ2) is 7.98. The topological polar surface area (TPSA) is 70.7 Å². The molecule has 0 radical (unpaired) electrons. The van der Waals surface area contributed by atoms with Crippen LogP contribution in [0.15, 0.2) is 24.3 Å². The van der Waals surface area contributed by atoms with Crippen molar-refractivity contribution < 1.29 is 14.3 Å². The lowest BCUT2D eigenvalue weighted by Crippen LogP contribution is -2.48. The van der Waals surface area contributed by atoms with Crippen molar-refractivity contribution >= 4 is 11.9 Å². The summed E-state index contributed by atoms with van der Waals surface area (Å²) >= 11 is 0. The van der Waals surface area contributed by atoms with Crippen LogP contribution in [-0.4, -0.2) is 43.1 Å². The molecule has 142 valence electrons. The van der Waals surface area contributed by atoms with E-state index in [1.165, 1.54) is 0 Å². The normalized spacial score (nSPS) is 19.9. The van der Waals surface area contributed by atoms with Crippen molar-refractivity contribution in [1.29, 1.82) is 0 Å². The molecule has 0 aliphatic carbocycles. The molecule has 2 heterocycles. The van der Waals surface area contributed by atoms with Crippen molar-refractivity contribution in [2.45, 2.75) is 45.6 Å². The smallest absolute Gasteiger partial charge is 0.317 e. The summed E-state index contributed by atoms with van der Waals surface area (Å²) in [6, 6.07) is 7.90. The number of hydrogen-bond donors (Lipinski definition) is 2. The number of piperidine rings is 1. The Morgan fingerprint density at radius 1 is 1.27 bits per heavy atom. The number of ether oxygens (including phenoxy) is 1. The lowest BCUT2D eigenvalue weighted by molar-refractivity contribution is -0.119. The fourth-order valence-electron chi connectivity index (χ4n) is 3.91. The van der Waals surface area contributed by atoms with E-state index >= 15 is 0 Å². The summed E-state index contributed by atoms with van der Waals surface area (Å²) in [5.41, 5.74) is 1.15. The number of carbonyl (C=O) groups is 2. The van der Waals surface area contributed by atoms with E-state index in [1.54, 1.807) is 0 Å². The van der Waals surface area contributed by atoms with Crippen molar-refractivity contribution in [2.75, 3.05) is 26.2 Å². The maximum absolute atomic E-state index is 12.7. The van der Waals surface area contributed by atoms with Gasteiger partial charge in [0.05, 0.1) is 12.6 Å². The first kappa shape index (κ1) is 18.5. The summed E-state index contributed by atoms with van der Waals surface area (Å²) in [6.45, 7) is 6.85. The quantitative estimate of drug-likeness (QED) is 0.849. The minimum Gasteiger partial charge on any atom is -0.494 e. The maximum Gasteiger partial charge on any atom is 0.317 e. The molecule has 1 aromatic rings. The van der Waals surface area contributed by atoms with Gasteiger partial charge in [-0.1, -0.05) is 19.1 Å². The summed E-state index contributed by atoms with van der Waals surface area (Å²) in [6.07, 6.45) is 3.21. The number of carbonyl (C=O) groups excluding carboxylic acids is 2. The molecule has 0 saturated carbocycles. The maximum atomic E-state index is 12.7. The molecule has 2 aliphatic rings. The SMILES string of the molecule is CCOc1ccc(C(CC)NC(=O)N2CCC3(CC2)CNC(=O)C3)cc1. The Morgan fingerprint density at radius 3 is 2.50 bits per heavy atom. The van der Waals surface area contributed by atoms with Gasteiger partial charge in [-0.15, -0.1) is 0 Å². The first-order chi connectivity index (χ1) is 12.5. The highest BCUT2D eigenvalue weighted by Crippen LogP contribution is 2.37. The van der Waals surface area contributed by atoms with Gasteiger partial charge in [-0.2, -0.15) is 0 Å². The number of urea groups is 1. The van der Waals surface area contributed by atoms with Crippen LogP contribution < -0.4 is 15.4 Å². The van der Waals surface area contributed by atoms with Gasteiger partial charge >= 0.3 is 6.03 Å². The first-order valence-electron chi connectivity index (χ1n) is 9.60. The van der Waals surface area contributed by atoms with E-state index in [2.05, 4.69) is 17.6 Å². The molecule has 2 aliphatic heterocycles. The van der Waals surface area contributed by atoms with Gasteiger partial charge in [-0.05, 0) is 49.3 Å². The van der Waals surface area contributed by atoms with Gasteiger partial charge < -0.3 is 20.3 Å². The predicted molar refractivity (Wildman–Crippen MR) is 100 cm³/mol. The number of benzene rings is 1. The average Bonchev–Trinajstić information content (AvgIpc) is 3.01. The Balaban J connectivity index is 1.55. The summed E-state index contributed by atoms with van der Waals surface area (Å²) in [7, 11) is 0. The van der Waals surface area contributed by atoms with E-state index in [0.29, 0.717) is 26.1 Å². The van der Waals surface area contributed by atoms with Crippen molar-refractivity contribution in [3.05, 3.63) is 29.8 Å². The van der Waals surface area contributed by atoms with E-state index in [4.69, 9.17) is 4.74 Å². The molecule has 3 rings (SSSR count). The van der Waals surface area contributed by atoms with Crippen molar-refractivity contribution in [3.63, 3.8) is 0 Å². The molecule has 1 atom stereocenters. The molecule has 2 N–H and O–H groups in total. The highest BCUT2D eigenvalue weighted by molar-refractivity contribution is 5.79. The van der Waals surface area contributed by atoms with Crippen LogP contribution in [0, 0.1) is 5.41 Å². The molecule has 6 nitrogen and oxygen atoms in total. The molecule has 0 aromatic heterocycles. The van der Waals surface area contributed by atoms with Gasteiger partial charge in [0.2, 0.25) is 5.91 Å². The Morgan fingerprint density at radius 2 is 1.96 bits per heavy atom. The van der Waals surface area contributed by atoms with E-state index in [0.717, 1.165) is 37.1 Å². The molecule has 1 aromatic carbocycles. The third-order valence-corrected chi connectivity index (χ3v) is 5.61. The zero-order chi connectivity index (χ0) is 18.6. The van der Waals surface area contributed by atoms with Crippen LogP contribution in [-0.2, 0) is 4.79 Å². The average molecular weight is 359 g/mol. The fourth-order valence-corrected chi connectivity index (χ4v) is 3.91. The van der Waals surface area contributed by atoms with Crippen molar-refractivity contribution in [3.8, 4) is 5.75 Å². The molecule has 1 unspecified atom stereocenters. The zero-order valence-electron chi connectivity index (χ0n) is 15.7. The minimum atomic E-state index is -0.0159. The Labute approximate surface area is 155 Å². The van der Waals surface area contributed by atoms with Gasteiger partial charge in [0.1, 0.15) is 5.75 Å². The second-order valence-corrected chi connectivity index (χ2v) is 7.35. The summed E-state index contributed by atoms with van der Waals surface area (Å²) < 4.78 is 5.48. The molecule has 0 bridgehead atoms. The number of nitrogens with one attached hydrogen (secondary N) is 2. The minimum absolute atomic E-state index is 0.0104. The molecular formula is C20H29N3O3. The van der Waals surface area contributed by atoms with Crippen molar-refractivity contribution in [2.24, 2.45) is 5.41 Å². The molecule has 3 amide bonds. The van der Waals surface area contributed by atoms with Gasteiger partial charge in [-0.25, -0.2) is 4.79 Å². The standard InChI is InChI=1S/C20H29N3O3/c1-3-17(15-5-7-16(8-6-15)26-4-2)22-19(25)23-11-9-20(10-12-23)13-18(24)21-14-20/h5-8,17H,3-4,9-14H2,1-2H3,(H,21,24)(H,22,25). The van der Waals surface area contributed by atoms with E-state index < -0.39 is 0 Å². The third kappa shape index (κ3) is 4.11. The van der Waals surface area contributed by atoms with Gasteiger partial charge in [0.25, 0.3) is 0 Å². The van der Waals surface area contributed by atoms with Crippen LogP contribution in [0.3, 0.4) is 0 Å². The number of nitrogens with zero attached hydrogens (tertiary/aromatic N) is 1. The third-order valence-electron chi connectivity index (χ3n) is 5.61. The van der Waals surface area contributed by atoms with Crippen LogP contribution in [0.2, 0.25) is 0 Å². The summed E-state index contributed by atoms with van der Waals surface area (Å²) in [5, 5.41) is 6.09. The van der Waals surface area contributed by atoms with Crippen LogP contribution >= 0.6 is 0 Å². The zero-order valence-corrected chi connectivity index (χ0v) is 15.7. The summed E-state index contributed by atoms with van der Waals surface area (Å²) in [4.78, 5) is 26.1. The van der Waals surface area contributed by atoms with Crippen LogP contribution in [0.5, 0.6) is 5.75 Å². The number of amides is 3. The molecule has 1 spiro atoms. The van der Waals surface area contributed by atoms with Crippen molar-refractivity contribution in [1.82, 2.24) is 15.5 Å². The number of hydrogen-bond acceptors (Lipinski definition) is 3. The summed E-state index contributed by atoms with van der Waals surface area (Å²) in [5.74, 6) is 0.989. The van der Waals surface area contributed by atoms with Gasteiger partial charge in [-0.3, -0.25) is 4.79 Å². The van der Waals surface area contributed by atoms with E-state index in [1.807, 2.05) is 36.1 Å². The van der Waals surface area contributed by atoms with E-state index in [-0.39, 0.29) is 23.4 Å². The van der Waals surface area contributed by atoms with E-state index in [9.17, 15) is 9.59 Å². The predicted octanol–water partition coefficient (Wildman–Crippen LogP) is 2.85. The monoisotopic (exact) mass is 359 g/mol. The first-order valence-corrected chi connectivity index (χ1v) is 9.60. The second-order valence-electron chi connectivity index (χ2n) is 7.35. The largest absolute Gasteiger partial charge is 0.494 e. The lowest BCUT2D eigenvalue weighted by atomic mass is 9.78. The van der Waals surface area contributed by atoms with Gasteiger partial charge in [0.15, 0.2) is 0 Å². The fraction of sp³-hybridized carbons (Fsp3) is 0.600. The Kier molecular flexibility index (Phi) is 5.69. The highest BCUT2D eigenvalue weighted by atomic mass is 16.5. The van der Waals surface area contributed by atoms with Crippen LogP contribution in [0.25, 0.3) is 0 Å². The molecule has 26 heavy (non-hydrogen) atoms. The Hall–Kier alpha value is -2.24.